The molecule has 0 bridgehead atoms. The summed E-state index contributed by atoms with van der Waals surface area (Å²) in [6.07, 6.45) is -2.11. The molecule has 1 aliphatic carbocycles. The predicted octanol–water partition coefficient (Wildman–Crippen LogP) is 4.00. The first-order chi connectivity index (χ1) is 8.56. The van der Waals surface area contributed by atoms with Crippen LogP contribution >= 0.6 is 0 Å². The molecule has 1 saturated carbocycles. The van der Waals surface area contributed by atoms with Crippen LogP contribution in [-0.4, -0.2) is 12.7 Å². The molecule has 1 nitrogen and oxygen atoms in total. The van der Waals surface area contributed by atoms with Gasteiger partial charge in [-0.2, -0.15) is 13.2 Å². The van der Waals surface area contributed by atoms with Crippen molar-refractivity contribution in [1.29, 1.82) is 0 Å². The van der Waals surface area contributed by atoms with E-state index in [-0.39, 0.29) is 6.42 Å². The molecular weight excluding hydrogens is 239 g/mol. The molecule has 1 aliphatic rings. The number of benzene rings is 1. The molecule has 1 aromatic rings. The van der Waals surface area contributed by atoms with Gasteiger partial charge in [-0.05, 0) is 42.9 Å². The number of alkyl halides is 3. The van der Waals surface area contributed by atoms with Gasteiger partial charge in [-0.3, -0.25) is 0 Å². The third kappa shape index (κ3) is 4.33. The lowest BCUT2D eigenvalue weighted by molar-refractivity contribution is -0.135. The zero-order chi connectivity index (χ0) is 13.0. The lowest BCUT2D eigenvalue weighted by Gasteiger charge is -2.10. The van der Waals surface area contributed by atoms with Gasteiger partial charge in [0, 0.05) is 13.0 Å². The van der Waals surface area contributed by atoms with E-state index in [4.69, 9.17) is 0 Å². The first-order valence-corrected chi connectivity index (χ1v) is 6.41. The van der Waals surface area contributed by atoms with Crippen LogP contribution in [0.4, 0.5) is 13.2 Å². The normalized spacial score (nSPS) is 15.9. The molecule has 1 fully saturated rings. The van der Waals surface area contributed by atoms with Crippen LogP contribution in [0.25, 0.3) is 0 Å². The molecule has 0 radical (unpaired) electrons. The largest absolute Gasteiger partial charge is 0.389 e. The minimum Gasteiger partial charge on any atom is -0.313 e. The van der Waals surface area contributed by atoms with Crippen LogP contribution in [-0.2, 0) is 6.54 Å². The van der Waals surface area contributed by atoms with E-state index >= 15 is 0 Å². The molecule has 0 heterocycles. The third-order valence-corrected chi connectivity index (χ3v) is 3.20. The smallest absolute Gasteiger partial charge is 0.313 e. The van der Waals surface area contributed by atoms with E-state index < -0.39 is 12.6 Å². The molecule has 100 valence electrons. The fourth-order valence-electron chi connectivity index (χ4n) is 2.12. The van der Waals surface area contributed by atoms with Crippen molar-refractivity contribution in [2.45, 2.75) is 44.3 Å². The molecule has 1 N–H and O–H groups in total. The maximum Gasteiger partial charge on any atom is 0.389 e. The van der Waals surface area contributed by atoms with Gasteiger partial charge in [0.05, 0.1) is 0 Å². The van der Waals surface area contributed by atoms with Crippen molar-refractivity contribution in [1.82, 2.24) is 5.32 Å². The van der Waals surface area contributed by atoms with E-state index in [9.17, 15) is 13.2 Å². The van der Waals surface area contributed by atoms with Crippen molar-refractivity contribution < 1.29 is 13.2 Å². The summed E-state index contributed by atoms with van der Waals surface area (Å²) in [5.41, 5.74) is 2.59. The van der Waals surface area contributed by atoms with Crippen molar-refractivity contribution in [3.05, 3.63) is 35.4 Å². The molecule has 0 amide bonds. The van der Waals surface area contributed by atoms with E-state index in [2.05, 4.69) is 17.4 Å². The Morgan fingerprint density at radius 1 is 1.17 bits per heavy atom. The first kappa shape index (κ1) is 13.4. The third-order valence-electron chi connectivity index (χ3n) is 3.20. The second-order valence-electron chi connectivity index (χ2n) is 4.87. The standard InChI is InChI=1S/C14H18F3N/c15-14(16,17)8-3-9-18-10-12-4-1-2-5-13(12)11-6-7-11/h1-2,4-5,11,18H,3,6-10H2. The van der Waals surface area contributed by atoms with Gasteiger partial charge < -0.3 is 5.32 Å². The van der Waals surface area contributed by atoms with Crippen LogP contribution in [0.5, 0.6) is 0 Å². The van der Waals surface area contributed by atoms with Crippen LogP contribution < -0.4 is 5.32 Å². The summed E-state index contributed by atoms with van der Waals surface area (Å²) in [6, 6.07) is 8.20. The van der Waals surface area contributed by atoms with E-state index in [1.807, 2.05) is 12.1 Å². The Kier molecular flexibility index (Phi) is 4.27. The van der Waals surface area contributed by atoms with Crippen molar-refractivity contribution in [3.8, 4) is 0 Å². The Morgan fingerprint density at radius 2 is 1.89 bits per heavy atom. The predicted molar refractivity (Wildman–Crippen MR) is 65.4 cm³/mol. The SMILES string of the molecule is FC(F)(F)CCCNCc1ccccc1C1CC1. The Balaban J connectivity index is 1.73. The monoisotopic (exact) mass is 257 g/mol. The summed E-state index contributed by atoms with van der Waals surface area (Å²) in [6.45, 7) is 1.09. The maximum absolute atomic E-state index is 12.0. The average molecular weight is 257 g/mol. The number of rotatable bonds is 6. The molecule has 0 saturated heterocycles. The van der Waals surface area contributed by atoms with Crippen LogP contribution in [0.3, 0.4) is 0 Å². The summed E-state index contributed by atoms with van der Waals surface area (Å²) >= 11 is 0. The van der Waals surface area contributed by atoms with Crippen molar-refractivity contribution in [2.75, 3.05) is 6.54 Å². The van der Waals surface area contributed by atoms with Gasteiger partial charge in [0.2, 0.25) is 0 Å². The van der Waals surface area contributed by atoms with Crippen molar-refractivity contribution >= 4 is 0 Å². The average Bonchev–Trinajstić information content (AvgIpc) is 3.11. The number of nitrogens with one attached hydrogen (secondary N) is 1. The van der Waals surface area contributed by atoms with Crippen LogP contribution in [0.15, 0.2) is 24.3 Å². The van der Waals surface area contributed by atoms with E-state index in [1.165, 1.54) is 24.0 Å². The minimum atomic E-state index is -4.03. The highest BCUT2D eigenvalue weighted by molar-refractivity contribution is 5.33. The molecule has 0 unspecified atom stereocenters. The minimum absolute atomic E-state index is 0.148. The lowest BCUT2D eigenvalue weighted by atomic mass is 10.0. The van der Waals surface area contributed by atoms with Gasteiger partial charge in [-0.15, -0.1) is 0 Å². The highest BCUT2D eigenvalue weighted by Gasteiger charge is 2.26. The molecule has 2 rings (SSSR count). The van der Waals surface area contributed by atoms with Gasteiger partial charge in [-0.1, -0.05) is 24.3 Å². The molecule has 4 heteroatoms. The number of hydrogen-bond acceptors (Lipinski definition) is 1. The van der Waals surface area contributed by atoms with Gasteiger partial charge in [0.15, 0.2) is 0 Å². The van der Waals surface area contributed by atoms with Crippen molar-refractivity contribution in [3.63, 3.8) is 0 Å². The van der Waals surface area contributed by atoms with E-state index in [0.29, 0.717) is 19.0 Å². The fraction of sp³-hybridized carbons (Fsp3) is 0.571. The Labute approximate surface area is 105 Å². The zero-order valence-electron chi connectivity index (χ0n) is 10.3. The van der Waals surface area contributed by atoms with Crippen LogP contribution in [0, 0.1) is 0 Å². The molecule has 0 atom stereocenters. The van der Waals surface area contributed by atoms with Gasteiger partial charge in [0.1, 0.15) is 0 Å². The number of halogens is 3. The first-order valence-electron chi connectivity index (χ1n) is 6.41. The molecule has 18 heavy (non-hydrogen) atoms. The zero-order valence-corrected chi connectivity index (χ0v) is 10.3. The molecular formula is C14H18F3N. The summed E-state index contributed by atoms with van der Waals surface area (Å²) in [5, 5.41) is 3.10. The Bertz CT molecular complexity index is 383. The fourth-order valence-corrected chi connectivity index (χ4v) is 2.12. The van der Waals surface area contributed by atoms with Crippen LogP contribution in [0.1, 0.15) is 42.7 Å². The van der Waals surface area contributed by atoms with E-state index in [0.717, 1.165) is 0 Å². The summed E-state index contributed by atoms with van der Waals surface area (Å²) < 4.78 is 35.9. The lowest BCUT2D eigenvalue weighted by Crippen LogP contribution is -2.18. The summed E-state index contributed by atoms with van der Waals surface area (Å²) in [7, 11) is 0. The number of hydrogen-bond donors (Lipinski definition) is 1. The second-order valence-corrected chi connectivity index (χ2v) is 4.87. The van der Waals surface area contributed by atoms with Crippen molar-refractivity contribution in [2.24, 2.45) is 0 Å². The molecule has 0 aromatic heterocycles. The van der Waals surface area contributed by atoms with Gasteiger partial charge >= 0.3 is 6.18 Å². The Morgan fingerprint density at radius 3 is 2.56 bits per heavy atom. The van der Waals surface area contributed by atoms with E-state index in [1.54, 1.807) is 0 Å². The maximum atomic E-state index is 12.0. The summed E-state index contributed by atoms with van der Waals surface area (Å²) in [5.74, 6) is 0.679. The Hall–Kier alpha value is -1.03. The topological polar surface area (TPSA) is 12.0 Å². The van der Waals surface area contributed by atoms with Gasteiger partial charge in [-0.25, -0.2) is 0 Å². The molecule has 0 spiro atoms. The highest BCUT2D eigenvalue weighted by atomic mass is 19.4. The molecule has 0 aliphatic heterocycles. The summed E-state index contributed by atoms with van der Waals surface area (Å²) in [4.78, 5) is 0. The molecule has 1 aromatic carbocycles. The highest BCUT2D eigenvalue weighted by Crippen LogP contribution is 2.41. The quantitative estimate of drug-likeness (QED) is 0.760. The van der Waals surface area contributed by atoms with Crippen LogP contribution in [0.2, 0.25) is 0 Å². The second kappa shape index (κ2) is 5.74. The van der Waals surface area contributed by atoms with Gasteiger partial charge in [0.25, 0.3) is 0 Å².